The van der Waals surface area contributed by atoms with Crippen LogP contribution in [0.25, 0.3) is 5.69 Å². The zero-order valence-electron chi connectivity index (χ0n) is 14.7. The molecule has 2 N–H and O–H groups in total. The number of carbonyl (C=O) groups is 2. The third kappa shape index (κ3) is 5.28. The molecule has 2 aromatic carbocycles. The Labute approximate surface area is 156 Å². The van der Waals surface area contributed by atoms with Crippen molar-refractivity contribution in [3.05, 3.63) is 90.0 Å². The Kier molecular flexibility index (Phi) is 5.99. The molecule has 0 saturated carbocycles. The molecule has 2 amide bonds. The van der Waals surface area contributed by atoms with Crippen LogP contribution in [0.15, 0.2) is 73.1 Å². The fraction of sp³-hybridized carbons (Fsp3) is 0.143. The van der Waals surface area contributed by atoms with Crippen LogP contribution in [0.5, 0.6) is 0 Å². The highest BCUT2D eigenvalue weighted by Crippen LogP contribution is 2.11. The van der Waals surface area contributed by atoms with Gasteiger partial charge in [-0.3, -0.25) is 9.59 Å². The number of rotatable bonds is 7. The van der Waals surface area contributed by atoms with E-state index in [-0.39, 0.29) is 24.1 Å². The average molecular weight is 365 g/mol. The maximum atomic E-state index is 12.9. The largest absolute Gasteiger partial charge is 0.354 e. The fourth-order valence-corrected chi connectivity index (χ4v) is 2.64. The number of carbonyl (C=O) groups excluding carboxylic acids is 2. The first kappa shape index (κ1) is 18.4. The van der Waals surface area contributed by atoms with E-state index < -0.39 is 0 Å². The monoisotopic (exact) mass is 365 g/mol. The Morgan fingerprint density at radius 2 is 1.59 bits per heavy atom. The van der Waals surface area contributed by atoms with Crippen LogP contribution in [0, 0.1) is 5.82 Å². The molecule has 0 fully saturated rings. The number of hydrogen-bond acceptors (Lipinski definition) is 2. The van der Waals surface area contributed by atoms with E-state index in [1.807, 2.05) is 47.3 Å². The molecule has 3 rings (SSSR count). The molecule has 0 bridgehead atoms. The Morgan fingerprint density at radius 1 is 0.889 bits per heavy atom. The molecule has 3 aromatic rings. The molecular formula is C21H20FN3O2. The molecule has 0 spiro atoms. The molecule has 1 aromatic heterocycles. The van der Waals surface area contributed by atoms with Gasteiger partial charge in [0.15, 0.2) is 0 Å². The number of halogens is 1. The lowest BCUT2D eigenvalue weighted by Gasteiger charge is -2.09. The van der Waals surface area contributed by atoms with Crippen molar-refractivity contribution in [1.82, 2.24) is 15.2 Å². The molecule has 138 valence electrons. The Morgan fingerprint density at radius 3 is 2.33 bits per heavy atom. The standard InChI is InChI=1S/C21H20FN3O2/c22-18-8-6-16(7-9-18)14-20(26)23-10-11-24-21(27)17-4-3-5-19(15-17)25-12-1-2-13-25/h1-9,12-13,15H,10-11,14H2,(H,23,26)(H,24,27). The lowest BCUT2D eigenvalue weighted by molar-refractivity contribution is -0.120. The van der Waals surface area contributed by atoms with Gasteiger partial charge in [0.05, 0.1) is 6.42 Å². The predicted molar refractivity (Wildman–Crippen MR) is 101 cm³/mol. The highest BCUT2D eigenvalue weighted by molar-refractivity contribution is 5.94. The Hall–Kier alpha value is -3.41. The van der Waals surface area contributed by atoms with E-state index in [2.05, 4.69) is 10.6 Å². The summed E-state index contributed by atoms with van der Waals surface area (Å²) in [6.07, 6.45) is 3.99. The molecular weight excluding hydrogens is 345 g/mol. The van der Waals surface area contributed by atoms with Crippen molar-refractivity contribution in [3.8, 4) is 5.69 Å². The van der Waals surface area contributed by atoms with Gasteiger partial charge in [-0.25, -0.2) is 4.39 Å². The second-order valence-corrected chi connectivity index (χ2v) is 6.05. The summed E-state index contributed by atoms with van der Waals surface area (Å²) in [5.41, 5.74) is 2.19. The SMILES string of the molecule is O=C(Cc1ccc(F)cc1)NCCNC(=O)c1cccc(-n2cccc2)c1. The second-order valence-electron chi connectivity index (χ2n) is 6.05. The number of nitrogens with zero attached hydrogens (tertiary/aromatic N) is 1. The molecule has 5 nitrogen and oxygen atoms in total. The number of aromatic nitrogens is 1. The van der Waals surface area contributed by atoms with Crippen LogP contribution in [-0.2, 0) is 11.2 Å². The van der Waals surface area contributed by atoms with Crippen LogP contribution < -0.4 is 10.6 Å². The van der Waals surface area contributed by atoms with Crippen LogP contribution in [0.1, 0.15) is 15.9 Å². The predicted octanol–water partition coefficient (Wildman–Crippen LogP) is 2.71. The third-order valence-corrected chi connectivity index (χ3v) is 4.02. The molecule has 0 unspecified atom stereocenters. The van der Waals surface area contributed by atoms with Crippen molar-refractivity contribution in [2.45, 2.75) is 6.42 Å². The van der Waals surface area contributed by atoms with Gasteiger partial charge in [0.1, 0.15) is 5.82 Å². The topological polar surface area (TPSA) is 63.1 Å². The molecule has 0 atom stereocenters. The van der Waals surface area contributed by atoms with Gasteiger partial charge in [-0.05, 0) is 48.0 Å². The highest BCUT2D eigenvalue weighted by Gasteiger charge is 2.07. The number of nitrogens with one attached hydrogen (secondary N) is 2. The third-order valence-electron chi connectivity index (χ3n) is 4.02. The minimum atomic E-state index is -0.331. The summed E-state index contributed by atoms with van der Waals surface area (Å²) in [5.74, 6) is -0.704. The summed E-state index contributed by atoms with van der Waals surface area (Å²) >= 11 is 0. The lowest BCUT2D eigenvalue weighted by atomic mass is 10.1. The summed E-state index contributed by atoms with van der Waals surface area (Å²) < 4.78 is 14.8. The first-order chi connectivity index (χ1) is 13.1. The number of benzene rings is 2. The van der Waals surface area contributed by atoms with E-state index in [1.165, 1.54) is 12.1 Å². The summed E-state index contributed by atoms with van der Waals surface area (Å²) in [4.78, 5) is 24.1. The van der Waals surface area contributed by atoms with Crippen LogP contribution in [0.4, 0.5) is 4.39 Å². The lowest BCUT2D eigenvalue weighted by Crippen LogP contribution is -2.35. The molecule has 0 radical (unpaired) electrons. The summed E-state index contributed by atoms with van der Waals surface area (Å²) in [7, 11) is 0. The van der Waals surface area contributed by atoms with Crippen LogP contribution in [0.2, 0.25) is 0 Å². The van der Waals surface area contributed by atoms with Gasteiger partial charge < -0.3 is 15.2 Å². The van der Waals surface area contributed by atoms with Crippen molar-refractivity contribution in [1.29, 1.82) is 0 Å². The zero-order valence-corrected chi connectivity index (χ0v) is 14.7. The maximum Gasteiger partial charge on any atom is 0.251 e. The van der Waals surface area contributed by atoms with Gasteiger partial charge in [0, 0.05) is 36.7 Å². The molecule has 0 aliphatic heterocycles. The molecule has 27 heavy (non-hydrogen) atoms. The van der Waals surface area contributed by atoms with E-state index in [4.69, 9.17) is 0 Å². The summed E-state index contributed by atoms with van der Waals surface area (Å²) in [5, 5.41) is 5.52. The first-order valence-electron chi connectivity index (χ1n) is 8.64. The van der Waals surface area contributed by atoms with E-state index in [1.54, 1.807) is 18.2 Å². The molecule has 1 heterocycles. The fourth-order valence-electron chi connectivity index (χ4n) is 2.64. The van der Waals surface area contributed by atoms with Crippen molar-refractivity contribution in [3.63, 3.8) is 0 Å². The van der Waals surface area contributed by atoms with Gasteiger partial charge in [-0.15, -0.1) is 0 Å². The molecule has 6 heteroatoms. The molecule has 0 aliphatic rings. The maximum absolute atomic E-state index is 12.9. The smallest absolute Gasteiger partial charge is 0.251 e. The van der Waals surface area contributed by atoms with E-state index in [0.717, 1.165) is 11.3 Å². The highest BCUT2D eigenvalue weighted by atomic mass is 19.1. The summed E-state index contributed by atoms with van der Waals surface area (Å²) in [6, 6.07) is 16.9. The van der Waals surface area contributed by atoms with Crippen molar-refractivity contribution in [2.75, 3.05) is 13.1 Å². The first-order valence-corrected chi connectivity index (χ1v) is 8.64. The van der Waals surface area contributed by atoms with Gasteiger partial charge in [-0.1, -0.05) is 18.2 Å². The van der Waals surface area contributed by atoms with Crippen LogP contribution in [0.3, 0.4) is 0 Å². The minimum absolute atomic E-state index is 0.174. The summed E-state index contributed by atoms with van der Waals surface area (Å²) in [6.45, 7) is 0.644. The average Bonchev–Trinajstić information content (AvgIpc) is 3.22. The molecule has 0 aliphatic carbocycles. The van der Waals surface area contributed by atoms with Gasteiger partial charge in [-0.2, -0.15) is 0 Å². The normalized spacial score (nSPS) is 10.4. The Bertz CT molecular complexity index is 905. The van der Waals surface area contributed by atoms with Crippen molar-refractivity contribution < 1.29 is 14.0 Å². The Balaban J connectivity index is 1.44. The van der Waals surface area contributed by atoms with E-state index in [9.17, 15) is 14.0 Å². The molecule has 0 saturated heterocycles. The van der Waals surface area contributed by atoms with Crippen LogP contribution in [-0.4, -0.2) is 29.5 Å². The quantitative estimate of drug-likeness (QED) is 0.633. The van der Waals surface area contributed by atoms with Gasteiger partial charge >= 0.3 is 0 Å². The van der Waals surface area contributed by atoms with Crippen molar-refractivity contribution >= 4 is 11.8 Å². The zero-order chi connectivity index (χ0) is 19.1. The van der Waals surface area contributed by atoms with Crippen molar-refractivity contribution in [2.24, 2.45) is 0 Å². The minimum Gasteiger partial charge on any atom is -0.354 e. The number of amides is 2. The van der Waals surface area contributed by atoms with Gasteiger partial charge in [0.25, 0.3) is 5.91 Å². The second kappa shape index (κ2) is 8.80. The van der Waals surface area contributed by atoms with E-state index in [0.29, 0.717) is 18.7 Å². The van der Waals surface area contributed by atoms with Gasteiger partial charge in [0.2, 0.25) is 5.91 Å². The van der Waals surface area contributed by atoms with Crippen LogP contribution >= 0.6 is 0 Å². The van der Waals surface area contributed by atoms with E-state index >= 15 is 0 Å². The number of hydrogen-bond donors (Lipinski definition) is 2.